The second kappa shape index (κ2) is 3.11. The number of nitrogens with one attached hydrogen (secondary N) is 1. The fraction of sp³-hybridized carbons (Fsp3) is 0.385. The molecule has 1 saturated carbocycles. The van der Waals surface area contributed by atoms with Crippen molar-refractivity contribution in [2.45, 2.75) is 31.2 Å². The molecular formula is C13H16N2. The molecule has 0 atom stereocenters. The van der Waals surface area contributed by atoms with Gasteiger partial charge in [-0.1, -0.05) is 18.2 Å². The van der Waals surface area contributed by atoms with Gasteiger partial charge in [-0.2, -0.15) is 0 Å². The van der Waals surface area contributed by atoms with Gasteiger partial charge < -0.3 is 10.7 Å². The summed E-state index contributed by atoms with van der Waals surface area (Å²) in [4.78, 5) is 3.30. The second-order valence-electron chi connectivity index (χ2n) is 4.75. The molecular weight excluding hydrogens is 184 g/mol. The van der Waals surface area contributed by atoms with Gasteiger partial charge in [-0.25, -0.2) is 0 Å². The lowest BCUT2D eigenvalue weighted by atomic mass is 9.74. The third-order valence-corrected chi connectivity index (χ3v) is 3.57. The van der Waals surface area contributed by atoms with E-state index in [0.717, 1.165) is 6.42 Å². The van der Waals surface area contributed by atoms with E-state index in [0.29, 0.717) is 0 Å². The van der Waals surface area contributed by atoms with Crippen molar-refractivity contribution in [1.29, 1.82) is 0 Å². The molecule has 3 N–H and O–H groups in total. The fourth-order valence-electron chi connectivity index (χ4n) is 2.46. The smallest absolute Gasteiger partial charge is 0.0456 e. The Labute approximate surface area is 89.5 Å². The number of hydrogen-bond acceptors (Lipinski definition) is 1. The van der Waals surface area contributed by atoms with Gasteiger partial charge in [0.2, 0.25) is 0 Å². The zero-order valence-corrected chi connectivity index (χ0v) is 8.79. The van der Waals surface area contributed by atoms with Crippen molar-refractivity contribution < 1.29 is 0 Å². The molecule has 2 aromatic rings. The van der Waals surface area contributed by atoms with E-state index in [1.165, 1.54) is 35.7 Å². The second-order valence-corrected chi connectivity index (χ2v) is 4.75. The van der Waals surface area contributed by atoms with Gasteiger partial charge in [-0.05, 0) is 37.3 Å². The predicted octanol–water partition coefficient (Wildman–Crippen LogP) is 2.59. The van der Waals surface area contributed by atoms with Gasteiger partial charge in [0.25, 0.3) is 0 Å². The summed E-state index contributed by atoms with van der Waals surface area (Å²) in [5.74, 6) is 0. The summed E-state index contributed by atoms with van der Waals surface area (Å²) >= 11 is 0. The normalized spacial score (nSPS) is 19.0. The molecule has 2 heteroatoms. The van der Waals surface area contributed by atoms with E-state index in [1.54, 1.807) is 0 Å². The third kappa shape index (κ3) is 1.45. The van der Waals surface area contributed by atoms with Crippen LogP contribution < -0.4 is 5.73 Å². The molecule has 0 spiro atoms. The van der Waals surface area contributed by atoms with Crippen LogP contribution in [0.25, 0.3) is 10.9 Å². The first-order chi connectivity index (χ1) is 7.27. The van der Waals surface area contributed by atoms with Crippen LogP contribution in [0, 0.1) is 0 Å². The van der Waals surface area contributed by atoms with Crippen LogP contribution in [0.15, 0.2) is 30.5 Å². The average molecular weight is 200 g/mol. The Morgan fingerprint density at radius 3 is 2.80 bits per heavy atom. The molecule has 0 aliphatic heterocycles. The third-order valence-electron chi connectivity index (χ3n) is 3.57. The molecule has 3 rings (SSSR count). The van der Waals surface area contributed by atoms with Crippen LogP contribution in [0.4, 0.5) is 0 Å². The Morgan fingerprint density at radius 2 is 2.07 bits per heavy atom. The van der Waals surface area contributed by atoms with Gasteiger partial charge in [0, 0.05) is 22.6 Å². The molecule has 1 fully saturated rings. The number of para-hydroxylation sites is 1. The highest BCUT2D eigenvalue weighted by Gasteiger charge is 2.32. The van der Waals surface area contributed by atoms with Gasteiger partial charge >= 0.3 is 0 Å². The van der Waals surface area contributed by atoms with Crippen LogP contribution in [-0.2, 0) is 6.42 Å². The van der Waals surface area contributed by atoms with Gasteiger partial charge in [-0.3, -0.25) is 0 Å². The van der Waals surface area contributed by atoms with Crippen LogP contribution in [0.1, 0.15) is 24.8 Å². The van der Waals surface area contributed by atoms with E-state index in [4.69, 9.17) is 5.73 Å². The first-order valence-electron chi connectivity index (χ1n) is 5.61. The Bertz CT molecular complexity index is 480. The molecule has 0 radical (unpaired) electrons. The van der Waals surface area contributed by atoms with Crippen LogP contribution in [-0.4, -0.2) is 10.5 Å². The topological polar surface area (TPSA) is 41.8 Å². The minimum absolute atomic E-state index is 0.0744. The minimum Gasteiger partial charge on any atom is -0.361 e. The summed E-state index contributed by atoms with van der Waals surface area (Å²) in [6.07, 6.45) is 6.76. The number of hydrogen-bond donors (Lipinski definition) is 2. The lowest BCUT2D eigenvalue weighted by Crippen LogP contribution is -2.48. The lowest BCUT2D eigenvalue weighted by Gasteiger charge is -2.38. The molecule has 0 bridgehead atoms. The molecule has 78 valence electrons. The van der Waals surface area contributed by atoms with Crippen molar-refractivity contribution in [2.75, 3.05) is 0 Å². The zero-order chi connectivity index (χ0) is 10.3. The lowest BCUT2D eigenvalue weighted by molar-refractivity contribution is 0.248. The first kappa shape index (κ1) is 8.98. The monoisotopic (exact) mass is 200 g/mol. The van der Waals surface area contributed by atoms with Gasteiger partial charge in [0.1, 0.15) is 0 Å². The molecule has 0 unspecified atom stereocenters. The molecule has 1 aromatic carbocycles. The molecule has 1 aromatic heterocycles. The summed E-state index contributed by atoms with van der Waals surface area (Å²) in [5.41, 5.74) is 8.93. The van der Waals surface area contributed by atoms with E-state index in [-0.39, 0.29) is 5.54 Å². The predicted molar refractivity (Wildman–Crippen MR) is 62.8 cm³/mol. The summed E-state index contributed by atoms with van der Waals surface area (Å²) in [6, 6.07) is 8.43. The first-order valence-corrected chi connectivity index (χ1v) is 5.61. The maximum absolute atomic E-state index is 6.27. The summed E-state index contributed by atoms with van der Waals surface area (Å²) < 4.78 is 0. The van der Waals surface area contributed by atoms with Crippen molar-refractivity contribution in [1.82, 2.24) is 4.98 Å². The van der Waals surface area contributed by atoms with Crippen molar-refractivity contribution in [3.05, 3.63) is 36.0 Å². The number of rotatable bonds is 2. The van der Waals surface area contributed by atoms with Crippen molar-refractivity contribution in [3.8, 4) is 0 Å². The number of H-pyrrole nitrogens is 1. The number of nitrogens with two attached hydrogens (primary N) is 1. The molecule has 1 aliphatic rings. The van der Waals surface area contributed by atoms with Crippen LogP contribution in [0.2, 0.25) is 0 Å². The Morgan fingerprint density at radius 1 is 1.27 bits per heavy atom. The highest BCUT2D eigenvalue weighted by molar-refractivity contribution is 5.83. The Balaban J connectivity index is 1.97. The van der Waals surface area contributed by atoms with E-state index in [9.17, 15) is 0 Å². The van der Waals surface area contributed by atoms with Crippen molar-refractivity contribution in [2.24, 2.45) is 5.73 Å². The maximum Gasteiger partial charge on any atom is 0.0456 e. The molecule has 0 saturated heterocycles. The van der Waals surface area contributed by atoms with E-state index in [2.05, 4.69) is 35.4 Å². The Hall–Kier alpha value is -1.28. The van der Waals surface area contributed by atoms with Gasteiger partial charge in [-0.15, -0.1) is 0 Å². The summed E-state index contributed by atoms with van der Waals surface area (Å²) in [7, 11) is 0. The highest BCUT2D eigenvalue weighted by atomic mass is 14.8. The van der Waals surface area contributed by atoms with Gasteiger partial charge in [0.15, 0.2) is 0 Å². The molecule has 1 aliphatic carbocycles. The fourth-order valence-corrected chi connectivity index (χ4v) is 2.46. The SMILES string of the molecule is NC1(Cc2c[nH]c3ccccc23)CCC1. The average Bonchev–Trinajstić information content (AvgIpc) is 2.60. The number of benzene rings is 1. The minimum atomic E-state index is 0.0744. The molecule has 2 nitrogen and oxygen atoms in total. The van der Waals surface area contributed by atoms with Crippen LogP contribution in [0.5, 0.6) is 0 Å². The van der Waals surface area contributed by atoms with E-state index >= 15 is 0 Å². The number of aromatic nitrogens is 1. The molecule has 1 heterocycles. The zero-order valence-electron chi connectivity index (χ0n) is 8.79. The van der Waals surface area contributed by atoms with Gasteiger partial charge in [0.05, 0.1) is 0 Å². The standard InChI is InChI=1S/C13H16N2/c14-13(6-3-7-13)8-10-9-15-12-5-2-1-4-11(10)12/h1-2,4-5,9,15H,3,6-8,14H2. The summed E-state index contributed by atoms with van der Waals surface area (Å²) in [5, 5.41) is 1.33. The highest BCUT2D eigenvalue weighted by Crippen LogP contribution is 2.34. The quantitative estimate of drug-likeness (QED) is 0.768. The van der Waals surface area contributed by atoms with Crippen molar-refractivity contribution in [3.63, 3.8) is 0 Å². The van der Waals surface area contributed by atoms with Crippen LogP contribution in [0.3, 0.4) is 0 Å². The number of aromatic amines is 1. The largest absolute Gasteiger partial charge is 0.361 e. The molecule has 15 heavy (non-hydrogen) atoms. The Kier molecular flexibility index (Phi) is 1.86. The number of fused-ring (bicyclic) bond motifs is 1. The van der Waals surface area contributed by atoms with E-state index in [1.807, 2.05) is 0 Å². The summed E-state index contributed by atoms with van der Waals surface area (Å²) in [6.45, 7) is 0. The van der Waals surface area contributed by atoms with Crippen LogP contribution >= 0.6 is 0 Å². The van der Waals surface area contributed by atoms with E-state index < -0.39 is 0 Å². The maximum atomic E-state index is 6.27. The molecule has 0 amide bonds. The van der Waals surface area contributed by atoms with Crippen molar-refractivity contribution >= 4 is 10.9 Å².